The Balaban J connectivity index is 1.96. The van der Waals surface area contributed by atoms with Gasteiger partial charge in [0, 0.05) is 18.0 Å². The molecule has 108 valence electrons. The fraction of sp³-hybridized carbons (Fsp3) is 0.438. The van der Waals surface area contributed by atoms with Gasteiger partial charge in [0.1, 0.15) is 0 Å². The van der Waals surface area contributed by atoms with Gasteiger partial charge in [0.2, 0.25) is 0 Å². The predicted molar refractivity (Wildman–Crippen MR) is 87.4 cm³/mol. The molecule has 3 nitrogen and oxygen atoms in total. The third-order valence-corrected chi connectivity index (χ3v) is 4.19. The van der Waals surface area contributed by atoms with Crippen LogP contribution in [0.1, 0.15) is 36.9 Å². The summed E-state index contributed by atoms with van der Waals surface area (Å²) in [6.45, 7) is 6.30. The summed E-state index contributed by atoms with van der Waals surface area (Å²) in [5.41, 5.74) is 2.26. The molecule has 0 aliphatic carbocycles. The van der Waals surface area contributed by atoms with Gasteiger partial charge < -0.3 is 10.2 Å². The molecule has 0 bridgehead atoms. The van der Waals surface area contributed by atoms with Gasteiger partial charge in [-0.05, 0) is 43.5 Å². The third-order valence-electron chi connectivity index (χ3n) is 3.33. The molecule has 0 fully saturated rings. The van der Waals surface area contributed by atoms with E-state index in [1.807, 2.05) is 6.20 Å². The summed E-state index contributed by atoms with van der Waals surface area (Å²) in [6, 6.07) is 8.84. The quantitative estimate of drug-likeness (QED) is 0.839. The largest absolute Gasteiger partial charge is 0.368 e. The molecule has 0 aromatic carbocycles. The van der Waals surface area contributed by atoms with E-state index in [2.05, 4.69) is 65.7 Å². The van der Waals surface area contributed by atoms with Crippen molar-refractivity contribution in [2.75, 3.05) is 18.5 Å². The Morgan fingerprint density at radius 2 is 2.20 bits per heavy atom. The van der Waals surface area contributed by atoms with Gasteiger partial charge in [-0.15, -0.1) is 11.3 Å². The molecule has 0 aliphatic rings. The fourth-order valence-corrected chi connectivity index (χ4v) is 2.83. The van der Waals surface area contributed by atoms with E-state index >= 15 is 0 Å². The van der Waals surface area contributed by atoms with Gasteiger partial charge in [-0.1, -0.05) is 13.0 Å². The van der Waals surface area contributed by atoms with Crippen LogP contribution >= 0.6 is 11.3 Å². The molecule has 2 rings (SSSR count). The molecule has 1 N–H and O–H groups in total. The summed E-state index contributed by atoms with van der Waals surface area (Å²) in [7, 11) is 2.11. The second kappa shape index (κ2) is 7.41. The fourth-order valence-electron chi connectivity index (χ4n) is 2.07. The number of anilines is 1. The van der Waals surface area contributed by atoms with Crippen molar-refractivity contribution in [2.45, 2.75) is 32.9 Å². The third kappa shape index (κ3) is 4.05. The van der Waals surface area contributed by atoms with Crippen molar-refractivity contribution in [1.82, 2.24) is 10.3 Å². The van der Waals surface area contributed by atoms with Crippen LogP contribution in [-0.2, 0) is 6.54 Å². The van der Waals surface area contributed by atoms with Crippen molar-refractivity contribution >= 4 is 17.0 Å². The average Bonchev–Trinajstić information content (AvgIpc) is 2.97. The molecule has 0 radical (unpaired) electrons. The number of rotatable bonds is 7. The average molecular weight is 289 g/mol. The second-order valence-electron chi connectivity index (χ2n) is 5.05. The molecule has 4 heteroatoms. The monoisotopic (exact) mass is 289 g/mol. The second-order valence-corrected chi connectivity index (χ2v) is 6.08. The topological polar surface area (TPSA) is 28.2 Å². The van der Waals surface area contributed by atoms with E-state index in [0.717, 1.165) is 30.9 Å². The zero-order valence-corrected chi connectivity index (χ0v) is 13.3. The lowest BCUT2D eigenvalue weighted by Gasteiger charge is -2.19. The lowest BCUT2D eigenvalue weighted by atomic mass is 10.2. The highest BCUT2D eigenvalue weighted by atomic mass is 32.1. The van der Waals surface area contributed by atoms with Crippen LogP contribution in [0, 0.1) is 0 Å². The Morgan fingerprint density at radius 1 is 1.35 bits per heavy atom. The molecular weight excluding hydrogens is 266 g/mol. The number of aromatic nitrogens is 1. The van der Waals surface area contributed by atoms with Gasteiger partial charge >= 0.3 is 0 Å². The standard InChI is InChI=1S/C16H23N3S/c1-4-9-17-13(2)16-8-7-14(11-18-16)19(3)12-15-6-5-10-20-15/h5-8,10-11,13,17H,4,9,12H2,1-3H3. The maximum Gasteiger partial charge on any atom is 0.0572 e. The van der Waals surface area contributed by atoms with E-state index < -0.39 is 0 Å². The van der Waals surface area contributed by atoms with Crippen LogP contribution in [0.25, 0.3) is 0 Å². The number of hydrogen-bond acceptors (Lipinski definition) is 4. The summed E-state index contributed by atoms with van der Waals surface area (Å²) in [5, 5.41) is 5.58. The highest BCUT2D eigenvalue weighted by Gasteiger charge is 2.07. The van der Waals surface area contributed by atoms with Crippen LogP contribution in [0.2, 0.25) is 0 Å². The smallest absolute Gasteiger partial charge is 0.0572 e. The molecule has 2 aromatic heterocycles. The summed E-state index contributed by atoms with van der Waals surface area (Å²) >= 11 is 1.79. The van der Waals surface area contributed by atoms with E-state index in [0.29, 0.717) is 6.04 Å². The predicted octanol–water partition coefficient (Wildman–Crippen LogP) is 3.84. The maximum absolute atomic E-state index is 4.58. The molecule has 0 spiro atoms. The van der Waals surface area contributed by atoms with Crippen molar-refractivity contribution in [3.05, 3.63) is 46.4 Å². The van der Waals surface area contributed by atoms with Crippen molar-refractivity contribution in [3.8, 4) is 0 Å². The number of thiophene rings is 1. The first-order valence-corrected chi connectivity index (χ1v) is 8.01. The van der Waals surface area contributed by atoms with Crippen molar-refractivity contribution < 1.29 is 0 Å². The maximum atomic E-state index is 4.58. The van der Waals surface area contributed by atoms with Crippen LogP contribution in [0.4, 0.5) is 5.69 Å². The van der Waals surface area contributed by atoms with E-state index in [1.165, 1.54) is 4.88 Å². The lowest BCUT2D eigenvalue weighted by molar-refractivity contribution is 0.558. The van der Waals surface area contributed by atoms with Crippen molar-refractivity contribution in [1.29, 1.82) is 0 Å². The molecule has 0 saturated heterocycles. The molecule has 1 atom stereocenters. The van der Waals surface area contributed by atoms with Crippen LogP contribution in [-0.4, -0.2) is 18.6 Å². The number of pyridine rings is 1. The minimum absolute atomic E-state index is 0.312. The summed E-state index contributed by atoms with van der Waals surface area (Å²) in [6.07, 6.45) is 3.11. The van der Waals surface area contributed by atoms with Crippen LogP contribution in [0.15, 0.2) is 35.8 Å². The van der Waals surface area contributed by atoms with E-state index in [-0.39, 0.29) is 0 Å². The Bertz CT molecular complexity index is 493. The van der Waals surface area contributed by atoms with E-state index in [1.54, 1.807) is 11.3 Å². The van der Waals surface area contributed by atoms with Gasteiger partial charge in [0.25, 0.3) is 0 Å². The minimum atomic E-state index is 0.312. The first kappa shape index (κ1) is 15.0. The first-order valence-electron chi connectivity index (χ1n) is 7.13. The van der Waals surface area contributed by atoms with E-state index in [4.69, 9.17) is 0 Å². The molecule has 2 aromatic rings. The lowest BCUT2D eigenvalue weighted by Crippen LogP contribution is -2.21. The molecular formula is C16H23N3S. The van der Waals surface area contributed by atoms with E-state index in [9.17, 15) is 0 Å². The Kier molecular flexibility index (Phi) is 5.56. The Hall–Kier alpha value is -1.39. The van der Waals surface area contributed by atoms with Gasteiger partial charge in [-0.2, -0.15) is 0 Å². The molecule has 1 unspecified atom stereocenters. The summed E-state index contributed by atoms with van der Waals surface area (Å²) in [4.78, 5) is 8.18. The zero-order valence-electron chi connectivity index (χ0n) is 12.5. The molecule has 2 heterocycles. The Labute approximate surface area is 125 Å². The molecule has 20 heavy (non-hydrogen) atoms. The molecule has 0 aliphatic heterocycles. The number of nitrogens with zero attached hydrogens (tertiary/aromatic N) is 2. The number of hydrogen-bond donors (Lipinski definition) is 1. The summed E-state index contributed by atoms with van der Waals surface area (Å²) in [5.74, 6) is 0. The van der Waals surface area contributed by atoms with Gasteiger partial charge in [-0.3, -0.25) is 4.98 Å². The molecule has 0 amide bonds. The highest BCUT2D eigenvalue weighted by Crippen LogP contribution is 2.19. The SMILES string of the molecule is CCCNC(C)c1ccc(N(C)Cc2cccs2)cn1. The molecule has 0 saturated carbocycles. The Morgan fingerprint density at radius 3 is 2.80 bits per heavy atom. The zero-order chi connectivity index (χ0) is 14.4. The number of nitrogens with one attached hydrogen (secondary N) is 1. The van der Waals surface area contributed by atoms with Crippen LogP contribution < -0.4 is 10.2 Å². The van der Waals surface area contributed by atoms with Crippen LogP contribution in [0.3, 0.4) is 0 Å². The highest BCUT2D eigenvalue weighted by molar-refractivity contribution is 7.09. The van der Waals surface area contributed by atoms with Crippen molar-refractivity contribution in [3.63, 3.8) is 0 Å². The van der Waals surface area contributed by atoms with Crippen molar-refractivity contribution in [2.24, 2.45) is 0 Å². The normalized spacial score (nSPS) is 12.3. The van der Waals surface area contributed by atoms with Gasteiger partial charge in [0.15, 0.2) is 0 Å². The van der Waals surface area contributed by atoms with Gasteiger partial charge in [-0.25, -0.2) is 0 Å². The summed E-state index contributed by atoms with van der Waals surface area (Å²) < 4.78 is 0. The minimum Gasteiger partial charge on any atom is -0.368 e. The first-order chi connectivity index (χ1) is 9.70. The van der Waals surface area contributed by atoms with Crippen LogP contribution in [0.5, 0.6) is 0 Å². The van der Waals surface area contributed by atoms with Gasteiger partial charge in [0.05, 0.1) is 24.1 Å².